The third kappa shape index (κ3) is 11.2. The van der Waals surface area contributed by atoms with Gasteiger partial charge in [-0.1, -0.05) is 44.5 Å². The number of aliphatic hydroxyl groups is 8. The molecule has 482 valence electrons. The zero-order chi connectivity index (χ0) is 66.3. The number of halogens is 3. The van der Waals surface area contributed by atoms with Crippen LogP contribution in [0.1, 0.15) is 70.8 Å². The third-order valence-electron chi connectivity index (χ3n) is 17.0. The largest absolute Gasteiger partial charge is 0.398 e. The number of pyridine rings is 3. The molecular formula is C59H66F3N15O14. The summed E-state index contributed by atoms with van der Waals surface area (Å²) in [5, 5.41) is 79.7. The van der Waals surface area contributed by atoms with Crippen molar-refractivity contribution in [1.29, 1.82) is 0 Å². The van der Waals surface area contributed by atoms with Crippen molar-refractivity contribution in [2.24, 2.45) is 23.7 Å². The van der Waals surface area contributed by atoms with Gasteiger partial charge in [0.05, 0.1) is 63.1 Å². The van der Waals surface area contributed by atoms with E-state index < -0.39 is 110 Å². The van der Waals surface area contributed by atoms with Crippen molar-refractivity contribution < 1.29 is 73.0 Å². The van der Waals surface area contributed by atoms with Crippen molar-refractivity contribution in [3.05, 3.63) is 88.5 Å². The van der Waals surface area contributed by atoms with Crippen molar-refractivity contribution >= 4 is 56.0 Å². The third-order valence-corrected chi connectivity index (χ3v) is 17.0. The fourth-order valence-corrected chi connectivity index (χ4v) is 11.9. The number of rotatable bonds is 11. The number of anilines is 2. The van der Waals surface area contributed by atoms with Gasteiger partial charge < -0.3 is 81.2 Å². The summed E-state index contributed by atoms with van der Waals surface area (Å²) >= 11 is 0. The summed E-state index contributed by atoms with van der Waals surface area (Å²) in [7, 11) is 0. The molecule has 91 heavy (non-hydrogen) atoms. The van der Waals surface area contributed by atoms with Crippen LogP contribution in [0.5, 0.6) is 0 Å². The van der Waals surface area contributed by atoms with Crippen LogP contribution in [0.3, 0.4) is 0 Å². The van der Waals surface area contributed by atoms with E-state index in [1.165, 1.54) is 37.2 Å². The Kier molecular flexibility index (Phi) is 18.9. The van der Waals surface area contributed by atoms with Gasteiger partial charge in [-0.2, -0.15) is 13.2 Å². The number of hydrogen-bond donors (Lipinski definition) is 12. The van der Waals surface area contributed by atoms with E-state index in [4.69, 9.17) is 56.1 Å². The van der Waals surface area contributed by atoms with Gasteiger partial charge in [-0.15, -0.1) is 25.7 Å². The first kappa shape index (κ1) is 66.6. The first-order chi connectivity index (χ1) is 43.4. The number of nitrogen functional groups attached to an aromatic ring is 2. The van der Waals surface area contributed by atoms with E-state index in [9.17, 15) is 63.6 Å². The number of aromatic nitrogens is 13. The summed E-state index contributed by atoms with van der Waals surface area (Å²) in [5.41, 5.74) is 7.98. The van der Waals surface area contributed by atoms with Crippen LogP contribution in [-0.4, -0.2) is 183 Å². The molecule has 4 aliphatic heterocycles. The number of nitrogens with two attached hydrogens (primary N) is 2. The number of aliphatic hydroxyl groups excluding tert-OH is 8. The molecule has 4 aliphatic rings. The van der Waals surface area contributed by atoms with Crippen molar-refractivity contribution in [2.45, 2.75) is 125 Å². The minimum absolute atomic E-state index is 0.0483. The highest BCUT2D eigenvalue weighted by Gasteiger charge is 2.64. The Bertz CT molecular complexity index is 4260. The van der Waals surface area contributed by atoms with Gasteiger partial charge in [0.25, 0.3) is 5.56 Å². The van der Waals surface area contributed by atoms with E-state index in [0.717, 1.165) is 10.9 Å². The highest BCUT2D eigenvalue weighted by Crippen LogP contribution is 2.51. The Morgan fingerprint density at radius 3 is 1.35 bits per heavy atom. The topological polar surface area (TPSA) is 426 Å². The van der Waals surface area contributed by atoms with Crippen LogP contribution in [0.4, 0.5) is 24.5 Å². The number of nitrogens with one attached hydrogen (secondary N) is 2. The summed E-state index contributed by atoms with van der Waals surface area (Å²) in [6.45, 7) is 4.96. The molecule has 4 fully saturated rings. The summed E-state index contributed by atoms with van der Waals surface area (Å²) < 4.78 is 69.2. The number of H-pyrrole nitrogens is 2. The first-order valence-electron chi connectivity index (χ1n) is 28.3. The highest BCUT2D eigenvalue weighted by atomic mass is 19.4. The van der Waals surface area contributed by atoms with Gasteiger partial charge in [0.1, 0.15) is 71.5 Å². The van der Waals surface area contributed by atoms with Gasteiger partial charge >= 0.3 is 6.18 Å². The average Bonchev–Trinajstić information content (AvgIpc) is 1.62. The summed E-state index contributed by atoms with van der Waals surface area (Å²) in [6, 6.07) is 4.51. The second-order valence-corrected chi connectivity index (χ2v) is 22.0. The molecule has 8 aromatic rings. The SMILES string of the molecule is C#C[C@]1(CO)O[C@@H](n2cnc3c(=O)[nH]c(C)nc32)[C@@H](CC)[C@@H]1O.C#C[C@]1(CO)O[C@@H](n2cnc3c(=O)cc[nH]c32)[C@@H](CC)[C@@H]1O.C#C[C@]1(CO)O[C@@H](n2cnc3c(N)ccnc32)[C@@H](C(F)(F)F)[C@@H]1O.C#C[C@]1(CO)O[C@@H](n2cnc3c(N)ccnc32)[C@@H](CC)[C@@H]1O. The fourth-order valence-electron chi connectivity index (χ4n) is 11.9. The fraction of sp³-hybridized carbons (Fsp3) is 0.475. The van der Waals surface area contributed by atoms with E-state index in [0.29, 0.717) is 53.2 Å². The van der Waals surface area contributed by atoms with Gasteiger partial charge in [-0.3, -0.25) is 27.9 Å². The number of aryl methyl sites for hydroxylation is 1. The lowest BCUT2D eigenvalue weighted by Gasteiger charge is -2.25. The summed E-state index contributed by atoms with van der Waals surface area (Å²) in [5.74, 6) is 6.14. The molecule has 32 heteroatoms. The van der Waals surface area contributed by atoms with Gasteiger partial charge in [-0.05, 0) is 38.3 Å². The number of ether oxygens (including phenoxy) is 4. The Morgan fingerprint density at radius 2 is 0.934 bits per heavy atom. The van der Waals surface area contributed by atoms with Crippen LogP contribution in [0.15, 0.2) is 71.7 Å². The minimum atomic E-state index is -4.84. The highest BCUT2D eigenvalue weighted by molar-refractivity contribution is 5.84. The Balaban J connectivity index is 0.000000144. The number of fused-ring (bicyclic) bond motifs is 4. The number of terminal acetylenes is 4. The van der Waals surface area contributed by atoms with E-state index in [-0.39, 0.29) is 56.6 Å². The lowest BCUT2D eigenvalue weighted by molar-refractivity contribution is -0.210. The molecule has 0 aliphatic carbocycles. The molecule has 14 N–H and O–H groups in total. The van der Waals surface area contributed by atoms with Crippen LogP contribution in [0.25, 0.3) is 44.7 Å². The molecular weight excluding hydrogens is 1200 g/mol. The van der Waals surface area contributed by atoms with Gasteiger partial charge in [0, 0.05) is 42.4 Å². The Morgan fingerprint density at radius 1 is 0.560 bits per heavy atom. The van der Waals surface area contributed by atoms with Crippen LogP contribution in [-0.2, 0) is 18.9 Å². The molecule has 0 unspecified atom stereocenters. The van der Waals surface area contributed by atoms with E-state index in [2.05, 4.69) is 62.6 Å². The molecule has 4 saturated heterocycles. The van der Waals surface area contributed by atoms with E-state index in [1.54, 1.807) is 39.2 Å². The predicted molar refractivity (Wildman–Crippen MR) is 317 cm³/mol. The van der Waals surface area contributed by atoms with Crippen molar-refractivity contribution in [2.75, 3.05) is 37.9 Å². The van der Waals surface area contributed by atoms with Gasteiger partial charge in [0.2, 0.25) is 5.43 Å². The van der Waals surface area contributed by atoms with Gasteiger partial charge in [-0.25, -0.2) is 34.9 Å². The molecule has 0 aromatic carbocycles. The summed E-state index contributed by atoms with van der Waals surface area (Å²) in [4.78, 5) is 58.2. The Hall–Kier alpha value is -8.84. The standard InChI is InChI=1S/C15H18N4O4.C15H18N4O3.C15H17N3O4.C14H13F3N4O3/c1-4-9-11(21)15(5-2,6-20)23-14(9)19-7-16-10-12(19)17-8(3)18-13(10)22;1-3-9-12(21)15(4-2,7-20)22-14(9)19-8-18-11-10(16)5-6-17-13(11)19;1-3-9-12(21)15(4-2,7-19)22-14(9)18-8-17-11-10(20)5-6-16-13(11)18;1-2-13(5-22)10(23)8(14(15,16)17)12(24-13)21-6-20-9-7(18)3-4-19-11(9)21/h2,7,9,11,14,20-21H,4,6H2,1,3H3,(H,17,18,22);2,5-6,8-9,12,14,20-21H,3,7H2,1H3,(H2,16,17);2,5-6,8-9,12,14,19,21H,3,7H2,1H3,(H,16,20);1,3-4,6,8,10,12,22-23H,5H2,(H2,18,19)/t9-,11-,14+,15+;2*9-,12-,14+,15+;8-,10-,12+,13+/m0000/s1. The zero-order valence-electron chi connectivity index (χ0n) is 49.2. The maximum atomic E-state index is 13.5. The molecule has 0 spiro atoms. The maximum absolute atomic E-state index is 13.5. The van der Waals surface area contributed by atoms with E-state index in [1.807, 2.05) is 26.7 Å². The van der Waals surface area contributed by atoms with E-state index >= 15 is 0 Å². The normalized spacial score (nSPS) is 31.0. The van der Waals surface area contributed by atoms with Crippen LogP contribution in [0.2, 0.25) is 0 Å². The van der Waals surface area contributed by atoms with Crippen LogP contribution in [0, 0.1) is 80.0 Å². The lowest BCUT2D eigenvalue weighted by atomic mass is 9.89. The summed E-state index contributed by atoms with van der Waals surface area (Å²) in [6.07, 6.45) is 19.8. The van der Waals surface area contributed by atoms with Gasteiger partial charge in [0.15, 0.2) is 56.6 Å². The maximum Gasteiger partial charge on any atom is 0.398 e. The predicted octanol–water partition coefficient (Wildman–Crippen LogP) is 0.453. The number of hydrogen-bond acceptors (Lipinski definition) is 23. The number of alkyl halides is 3. The van der Waals surface area contributed by atoms with Crippen LogP contribution >= 0.6 is 0 Å². The van der Waals surface area contributed by atoms with Crippen LogP contribution < -0.4 is 22.5 Å². The number of nitrogens with zero attached hydrogens (tertiary/aromatic N) is 11. The zero-order valence-corrected chi connectivity index (χ0v) is 49.2. The van der Waals surface area contributed by atoms with Crippen molar-refractivity contribution in [3.63, 3.8) is 0 Å². The second kappa shape index (κ2) is 25.8. The molecule has 8 aromatic heterocycles. The average molecular weight is 1270 g/mol. The smallest absolute Gasteiger partial charge is 0.397 e. The molecule has 0 radical (unpaired) electrons. The Labute approximate surface area is 514 Å². The molecule has 12 rings (SSSR count). The molecule has 12 heterocycles. The lowest BCUT2D eigenvalue weighted by Crippen LogP contribution is -2.46. The monoisotopic (exact) mass is 1270 g/mol. The quantitative estimate of drug-likeness (QED) is 0.0782. The first-order valence-corrected chi connectivity index (χ1v) is 28.3. The second-order valence-electron chi connectivity index (χ2n) is 22.0. The molecule has 0 bridgehead atoms. The molecule has 29 nitrogen and oxygen atoms in total. The molecule has 0 saturated carbocycles. The minimum Gasteiger partial charge on any atom is -0.397 e. The number of imidazole rings is 4. The van der Waals surface area contributed by atoms with Crippen molar-refractivity contribution in [3.8, 4) is 49.4 Å². The molecule has 0 amide bonds. The van der Waals surface area contributed by atoms with Crippen molar-refractivity contribution in [1.82, 2.24) is 63.1 Å². The number of aromatic amines is 2. The molecule has 16 atom stereocenters.